The highest BCUT2D eigenvalue weighted by atomic mass is 32.2. The van der Waals surface area contributed by atoms with Gasteiger partial charge in [-0.3, -0.25) is 4.21 Å². The van der Waals surface area contributed by atoms with Crippen LogP contribution in [0.5, 0.6) is 11.5 Å². The quantitative estimate of drug-likeness (QED) is 0.901. The first-order valence-corrected chi connectivity index (χ1v) is 7.50. The maximum Gasteiger partial charge on any atom is 0.162 e. The highest BCUT2D eigenvalue weighted by Crippen LogP contribution is 2.31. The van der Waals surface area contributed by atoms with E-state index in [1.807, 2.05) is 25.1 Å². The summed E-state index contributed by atoms with van der Waals surface area (Å²) >= 11 is 0. The van der Waals surface area contributed by atoms with Crippen molar-refractivity contribution in [3.8, 4) is 11.5 Å². The number of nitrogens with two attached hydrogens (primary N) is 1. The predicted octanol–water partition coefficient (Wildman–Crippen LogP) is 1.55. The van der Waals surface area contributed by atoms with Crippen LogP contribution in [0.4, 0.5) is 0 Å². The molecule has 2 rings (SSSR count). The molecule has 2 atom stereocenters. The molecule has 0 fully saturated rings. The fourth-order valence-corrected chi connectivity index (χ4v) is 3.01. The standard InChI is InChI=1S/C13H19NO3S/c1-10(8-14)9-18(15)11-3-4-12-13(7-11)17-6-2-5-16-12/h3-4,7,10H,2,5-6,8-9,14H2,1H3. The molecule has 1 heterocycles. The summed E-state index contributed by atoms with van der Waals surface area (Å²) in [5.74, 6) is 2.26. The molecule has 0 spiro atoms. The van der Waals surface area contributed by atoms with Gasteiger partial charge in [-0.15, -0.1) is 0 Å². The minimum absolute atomic E-state index is 0.252. The average molecular weight is 269 g/mol. The van der Waals surface area contributed by atoms with Gasteiger partial charge >= 0.3 is 0 Å². The van der Waals surface area contributed by atoms with Gasteiger partial charge in [0, 0.05) is 23.1 Å². The second-order valence-electron chi connectivity index (χ2n) is 4.51. The maximum atomic E-state index is 12.1. The largest absolute Gasteiger partial charge is 0.490 e. The van der Waals surface area contributed by atoms with Crippen molar-refractivity contribution in [2.45, 2.75) is 18.2 Å². The molecular formula is C13H19NO3S. The average Bonchev–Trinajstić information content (AvgIpc) is 2.62. The Morgan fingerprint density at radius 3 is 2.78 bits per heavy atom. The Kier molecular flexibility index (Phi) is 4.60. The van der Waals surface area contributed by atoms with Crippen LogP contribution in [0.3, 0.4) is 0 Å². The van der Waals surface area contributed by atoms with Gasteiger partial charge in [-0.2, -0.15) is 0 Å². The first-order chi connectivity index (χ1) is 8.70. The van der Waals surface area contributed by atoms with E-state index in [2.05, 4.69) is 0 Å². The van der Waals surface area contributed by atoms with E-state index >= 15 is 0 Å². The molecule has 0 aromatic heterocycles. The van der Waals surface area contributed by atoms with Crippen molar-refractivity contribution in [3.63, 3.8) is 0 Å². The third kappa shape index (κ3) is 3.23. The van der Waals surface area contributed by atoms with E-state index < -0.39 is 10.8 Å². The summed E-state index contributed by atoms with van der Waals surface area (Å²) < 4.78 is 23.3. The normalized spacial score (nSPS) is 17.9. The van der Waals surface area contributed by atoms with Gasteiger partial charge in [-0.25, -0.2) is 0 Å². The molecule has 0 amide bonds. The minimum Gasteiger partial charge on any atom is -0.490 e. The highest BCUT2D eigenvalue weighted by Gasteiger charge is 2.14. The monoisotopic (exact) mass is 269 g/mol. The van der Waals surface area contributed by atoms with Crippen molar-refractivity contribution in [1.29, 1.82) is 0 Å². The Labute approximate surface area is 110 Å². The molecule has 4 nitrogen and oxygen atoms in total. The van der Waals surface area contributed by atoms with Crippen molar-refractivity contribution in [2.24, 2.45) is 11.7 Å². The second kappa shape index (κ2) is 6.20. The van der Waals surface area contributed by atoms with Gasteiger partial charge < -0.3 is 15.2 Å². The van der Waals surface area contributed by atoms with Gasteiger partial charge in [0.1, 0.15) is 0 Å². The Bertz CT molecular complexity index is 436. The Hall–Kier alpha value is -1.07. The van der Waals surface area contributed by atoms with E-state index in [0.717, 1.165) is 17.1 Å². The highest BCUT2D eigenvalue weighted by molar-refractivity contribution is 7.85. The van der Waals surface area contributed by atoms with Crippen LogP contribution in [0.15, 0.2) is 23.1 Å². The molecule has 1 aromatic carbocycles. The van der Waals surface area contributed by atoms with Crippen molar-refractivity contribution in [3.05, 3.63) is 18.2 Å². The van der Waals surface area contributed by atoms with Crippen LogP contribution in [0.2, 0.25) is 0 Å². The van der Waals surface area contributed by atoms with Crippen LogP contribution in [0.25, 0.3) is 0 Å². The smallest absolute Gasteiger partial charge is 0.162 e. The maximum absolute atomic E-state index is 12.1. The summed E-state index contributed by atoms with van der Waals surface area (Å²) in [6.07, 6.45) is 0.872. The third-order valence-corrected chi connectivity index (χ3v) is 4.47. The van der Waals surface area contributed by atoms with E-state index in [-0.39, 0.29) is 5.92 Å². The molecule has 5 heteroatoms. The molecule has 1 aliphatic heterocycles. The SMILES string of the molecule is CC(CN)CS(=O)c1ccc2c(c1)OCCCO2. The van der Waals surface area contributed by atoms with Crippen molar-refractivity contribution in [1.82, 2.24) is 0 Å². The summed E-state index contributed by atoms with van der Waals surface area (Å²) in [5, 5.41) is 0. The number of ether oxygens (including phenoxy) is 2. The Morgan fingerprint density at radius 2 is 2.06 bits per heavy atom. The lowest BCUT2D eigenvalue weighted by Crippen LogP contribution is -2.17. The van der Waals surface area contributed by atoms with E-state index in [1.165, 1.54) is 0 Å². The number of rotatable bonds is 4. The third-order valence-electron chi connectivity index (χ3n) is 2.82. The fourth-order valence-electron chi connectivity index (χ4n) is 1.71. The molecule has 2 N–H and O–H groups in total. The molecule has 0 aliphatic carbocycles. The van der Waals surface area contributed by atoms with Crippen molar-refractivity contribution >= 4 is 10.8 Å². The topological polar surface area (TPSA) is 61.6 Å². The molecule has 0 radical (unpaired) electrons. The van der Waals surface area contributed by atoms with Gasteiger partial charge in [-0.05, 0) is 24.6 Å². The molecule has 100 valence electrons. The summed E-state index contributed by atoms with van der Waals surface area (Å²) in [4.78, 5) is 0.777. The lowest BCUT2D eigenvalue weighted by molar-refractivity contribution is 0.297. The van der Waals surface area contributed by atoms with Crippen LogP contribution >= 0.6 is 0 Å². The minimum atomic E-state index is -1.03. The number of benzene rings is 1. The van der Waals surface area contributed by atoms with E-state index in [0.29, 0.717) is 31.3 Å². The predicted molar refractivity (Wildman–Crippen MR) is 71.5 cm³/mol. The number of fused-ring (bicyclic) bond motifs is 1. The lowest BCUT2D eigenvalue weighted by atomic mass is 10.2. The molecule has 0 saturated carbocycles. The van der Waals surface area contributed by atoms with Gasteiger partial charge in [0.05, 0.1) is 24.0 Å². The number of hydrogen-bond donors (Lipinski definition) is 1. The molecular weight excluding hydrogens is 250 g/mol. The second-order valence-corrected chi connectivity index (χ2v) is 6.01. The Balaban J connectivity index is 2.15. The summed E-state index contributed by atoms with van der Waals surface area (Å²) in [6.45, 7) is 3.86. The van der Waals surface area contributed by atoms with E-state index in [4.69, 9.17) is 15.2 Å². The van der Waals surface area contributed by atoms with Gasteiger partial charge in [-0.1, -0.05) is 6.92 Å². The van der Waals surface area contributed by atoms with Crippen LogP contribution in [-0.2, 0) is 10.8 Å². The first kappa shape index (κ1) is 13.4. The Morgan fingerprint density at radius 1 is 1.33 bits per heavy atom. The molecule has 18 heavy (non-hydrogen) atoms. The summed E-state index contributed by atoms with van der Waals surface area (Å²) in [7, 11) is -1.03. The molecule has 1 aliphatic rings. The molecule has 0 saturated heterocycles. The first-order valence-electron chi connectivity index (χ1n) is 6.19. The summed E-state index contributed by atoms with van der Waals surface area (Å²) in [6, 6.07) is 5.49. The van der Waals surface area contributed by atoms with Crippen LogP contribution in [-0.4, -0.2) is 29.7 Å². The van der Waals surface area contributed by atoms with Crippen LogP contribution in [0.1, 0.15) is 13.3 Å². The van der Waals surface area contributed by atoms with Crippen LogP contribution < -0.4 is 15.2 Å². The molecule has 0 bridgehead atoms. The van der Waals surface area contributed by atoms with Crippen molar-refractivity contribution < 1.29 is 13.7 Å². The van der Waals surface area contributed by atoms with Gasteiger partial charge in [0.25, 0.3) is 0 Å². The zero-order chi connectivity index (χ0) is 13.0. The fraction of sp³-hybridized carbons (Fsp3) is 0.538. The van der Waals surface area contributed by atoms with Crippen LogP contribution in [0, 0.1) is 5.92 Å². The van der Waals surface area contributed by atoms with Crippen molar-refractivity contribution in [2.75, 3.05) is 25.5 Å². The molecule has 1 aromatic rings. The number of hydrogen-bond acceptors (Lipinski definition) is 4. The van der Waals surface area contributed by atoms with Gasteiger partial charge in [0.15, 0.2) is 11.5 Å². The van der Waals surface area contributed by atoms with E-state index in [9.17, 15) is 4.21 Å². The summed E-state index contributed by atoms with van der Waals surface area (Å²) in [5.41, 5.74) is 5.55. The zero-order valence-electron chi connectivity index (χ0n) is 10.6. The van der Waals surface area contributed by atoms with Gasteiger partial charge in [0.2, 0.25) is 0 Å². The van der Waals surface area contributed by atoms with E-state index in [1.54, 1.807) is 0 Å². The molecule has 2 unspecified atom stereocenters. The lowest BCUT2D eigenvalue weighted by Gasteiger charge is -2.11. The zero-order valence-corrected chi connectivity index (χ0v) is 11.4.